The van der Waals surface area contributed by atoms with Crippen molar-refractivity contribution in [3.05, 3.63) is 76.7 Å². The third kappa shape index (κ3) is 6.41. The number of carbonyl (C=O) groups excluding carboxylic acids is 1. The van der Waals surface area contributed by atoms with Gasteiger partial charge in [-0.2, -0.15) is 9.78 Å². The van der Waals surface area contributed by atoms with Gasteiger partial charge in [0.2, 0.25) is 5.88 Å². The molecule has 36 heavy (non-hydrogen) atoms. The van der Waals surface area contributed by atoms with E-state index < -0.39 is 41.2 Å². The van der Waals surface area contributed by atoms with E-state index in [2.05, 4.69) is 10.4 Å². The molecule has 0 bridgehead atoms. The van der Waals surface area contributed by atoms with Gasteiger partial charge in [-0.25, -0.2) is 4.39 Å². The van der Waals surface area contributed by atoms with Crippen molar-refractivity contribution < 1.29 is 28.9 Å². The molecule has 8 nitrogen and oxygen atoms in total. The summed E-state index contributed by atoms with van der Waals surface area (Å²) < 4.78 is 21.6. The lowest BCUT2D eigenvalue weighted by atomic mass is 9.78. The molecule has 0 fully saturated rings. The van der Waals surface area contributed by atoms with E-state index in [0.29, 0.717) is 10.6 Å². The minimum atomic E-state index is -1.25. The number of halogens is 2. The third-order valence-electron chi connectivity index (χ3n) is 6.04. The van der Waals surface area contributed by atoms with E-state index in [0.717, 1.165) is 4.68 Å². The van der Waals surface area contributed by atoms with Crippen molar-refractivity contribution in [2.45, 2.75) is 45.8 Å². The van der Waals surface area contributed by atoms with Crippen LogP contribution < -0.4 is 10.1 Å². The molecule has 2 aromatic carbocycles. The maximum Gasteiger partial charge on any atom is 0.305 e. The molecule has 2 atom stereocenters. The van der Waals surface area contributed by atoms with Gasteiger partial charge >= 0.3 is 5.97 Å². The van der Waals surface area contributed by atoms with E-state index in [9.17, 15) is 24.2 Å². The SMILES string of the molecule is CC(C)(C)C(C)(O)COc1cc(C(=O)NC(CC(=O)O)c2cccc(Cl)c2)nn1-c1ccccc1F. The zero-order valence-corrected chi connectivity index (χ0v) is 21.2. The fourth-order valence-electron chi connectivity index (χ4n) is 3.19. The molecule has 1 amide bonds. The Bertz CT molecular complexity index is 1250. The van der Waals surface area contributed by atoms with Crippen LogP contribution >= 0.6 is 11.6 Å². The molecule has 2 unspecified atom stereocenters. The van der Waals surface area contributed by atoms with Gasteiger partial charge in [0.25, 0.3) is 5.91 Å². The van der Waals surface area contributed by atoms with Crippen LogP contribution in [-0.2, 0) is 4.79 Å². The average molecular weight is 518 g/mol. The Morgan fingerprint density at radius 2 is 1.83 bits per heavy atom. The van der Waals surface area contributed by atoms with Gasteiger partial charge in [-0.15, -0.1) is 0 Å². The van der Waals surface area contributed by atoms with Crippen LogP contribution in [0.1, 0.15) is 56.2 Å². The zero-order valence-electron chi connectivity index (χ0n) is 20.5. The number of aromatic nitrogens is 2. The number of amides is 1. The number of hydrogen-bond donors (Lipinski definition) is 3. The number of nitrogens with one attached hydrogen (secondary N) is 1. The Morgan fingerprint density at radius 1 is 1.14 bits per heavy atom. The molecule has 0 saturated heterocycles. The molecule has 0 radical (unpaired) electrons. The number of hydrogen-bond acceptors (Lipinski definition) is 5. The number of carboxylic acids is 1. The second-order valence-electron chi connectivity index (χ2n) is 9.72. The number of aliphatic carboxylic acids is 1. The van der Waals surface area contributed by atoms with E-state index in [-0.39, 0.29) is 23.9 Å². The molecule has 1 heterocycles. The number of carbonyl (C=O) groups is 2. The molecular weight excluding hydrogens is 489 g/mol. The number of nitrogens with zero attached hydrogens (tertiary/aromatic N) is 2. The van der Waals surface area contributed by atoms with Gasteiger partial charge in [0.05, 0.1) is 12.5 Å². The first-order valence-corrected chi connectivity index (χ1v) is 11.6. The zero-order chi connectivity index (χ0) is 26.7. The molecule has 192 valence electrons. The highest BCUT2D eigenvalue weighted by atomic mass is 35.5. The summed E-state index contributed by atoms with van der Waals surface area (Å²) in [6, 6.07) is 12.8. The number of para-hydroxylation sites is 1. The number of benzene rings is 2. The van der Waals surface area contributed by atoms with Crippen molar-refractivity contribution in [2.24, 2.45) is 5.41 Å². The van der Waals surface area contributed by atoms with Crippen molar-refractivity contribution in [3.63, 3.8) is 0 Å². The molecule has 0 spiro atoms. The Labute approximate surface area is 213 Å². The number of aliphatic hydroxyl groups is 1. The monoisotopic (exact) mass is 517 g/mol. The van der Waals surface area contributed by atoms with Crippen molar-refractivity contribution >= 4 is 23.5 Å². The molecule has 3 aromatic rings. The van der Waals surface area contributed by atoms with Crippen molar-refractivity contribution in [1.82, 2.24) is 15.1 Å². The van der Waals surface area contributed by atoms with Gasteiger partial charge in [-0.1, -0.05) is 56.6 Å². The van der Waals surface area contributed by atoms with Crippen LogP contribution in [0.5, 0.6) is 5.88 Å². The van der Waals surface area contributed by atoms with E-state index in [1.165, 1.54) is 24.3 Å². The van der Waals surface area contributed by atoms with Crippen LogP contribution in [0.3, 0.4) is 0 Å². The predicted molar refractivity (Wildman–Crippen MR) is 133 cm³/mol. The normalized spacial score (nSPS) is 14.1. The van der Waals surface area contributed by atoms with Crippen LogP contribution in [0.4, 0.5) is 4.39 Å². The highest BCUT2D eigenvalue weighted by Crippen LogP contribution is 2.31. The fraction of sp³-hybridized carbons (Fsp3) is 0.346. The molecule has 10 heteroatoms. The van der Waals surface area contributed by atoms with Crippen LogP contribution in [-0.4, -0.2) is 44.1 Å². The molecular formula is C26H29ClFN3O5. The Hall–Kier alpha value is -3.43. The topological polar surface area (TPSA) is 114 Å². The Kier molecular flexibility index (Phi) is 8.05. The predicted octanol–water partition coefficient (Wildman–Crippen LogP) is 4.79. The smallest absolute Gasteiger partial charge is 0.305 e. The first-order chi connectivity index (χ1) is 16.8. The van der Waals surface area contributed by atoms with Crippen molar-refractivity contribution in [2.75, 3.05) is 6.61 Å². The molecule has 0 aliphatic heterocycles. The highest BCUT2D eigenvalue weighted by molar-refractivity contribution is 6.30. The first-order valence-electron chi connectivity index (χ1n) is 11.3. The molecule has 1 aromatic heterocycles. The van der Waals surface area contributed by atoms with Crippen LogP contribution in [0.25, 0.3) is 5.69 Å². The minimum absolute atomic E-state index is 0.0346. The summed E-state index contributed by atoms with van der Waals surface area (Å²) in [4.78, 5) is 24.6. The van der Waals surface area contributed by atoms with Gasteiger partial charge in [-0.05, 0) is 42.2 Å². The third-order valence-corrected chi connectivity index (χ3v) is 6.28. The summed E-state index contributed by atoms with van der Waals surface area (Å²) in [5.41, 5.74) is -1.36. The first kappa shape index (κ1) is 27.2. The average Bonchev–Trinajstić information content (AvgIpc) is 3.21. The summed E-state index contributed by atoms with van der Waals surface area (Å²) in [6.45, 7) is 7.01. The van der Waals surface area contributed by atoms with E-state index >= 15 is 0 Å². The van der Waals surface area contributed by atoms with E-state index in [1.807, 2.05) is 20.8 Å². The maximum absolute atomic E-state index is 14.6. The minimum Gasteiger partial charge on any atom is -0.481 e. The summed E-state index contributed by atoms with van der Waals surface area (Å²) in [5.74, 6) is -2.37. The number of rotatable bonds is 9. The van der Waals surface area contributed by atoms with Gasteiger partial charge < -0.3 is 20.3 Å². The second-order valence-corrected chi connectivity index (χ2v) is 10.2. The van der Waals surface area contributed by atoms with Gasteiger partial charge in [-0.3, -0.25) is 9.59 Å². The summed E-state index contributed by atoms with van der Waals surface area (Å²) in [5, 5.41) is 27.5. The summed E-state index contributed by atoms with van der Waals surface area (Å²) in [6.07, 6.45) is -0.391. The lowest BCUT2D eigenvalue weighted by Gasteiger charge is -2.36. The largest absolute Gasteiger partial charge is 0.481 e. The highest BCUT2D eigenvalue weighted by Gasteiger charge is 2.36. The summed E-state index contributed by atoms with van der Waals surface area (Å²) >= 11 is 6.04. The molecule has 0 aliphatic rings. The lowest BCUT2D eigenvalue weighted by Crippen LogP contribution is -2.45. The standard InChI is InChI=1S/C26H29ClFN3O5/c1-25(2,3)26(4,35)15-36-22-13-20(30-31(22)21-11-6-5-10-18(21)28)24(34)29-19(14-23(32)33)16-8-7-9-17(27)12-16/h5-13,19,35H,14-15H2,1-4H3,(H,29,34)(H,32,33). The van der Waals surface area contributed by atoms with Crippen LogP contribution in [0.2, 0.25) is 5.02 Å². The molecule has 0 aliphatic carbocycles. The number of carboxylic acid groups (broad SMARTS) is 1. The van der Waals surface area contributed by atoms with Crippen molar-refractivity contribution in [1.29, 1.82) is 0 Å². The second kappa shape index (κ2) is 10.7. The molecule has 0 saturated carbocycles. The van der Waals surface area contributed by atoms with Gasteiger partial charge in [0.1, 0.15) is 23.7 Å². The quantitative estimate of drug-likeness (QED) is 0.376. The maximum atomic E-state index is 14.6. The van der Waals surface area contributed by atoms with Crippen LogP contribution in [0.15, 0.2) is 54.6 Å². The summed E-state index contributed by atoms with van der Waals surface area (Å²) in [7, 11) is 0. The Morgan fingerprint density at radius 3 is 2.44 bits per heavy atom. The number of ether oxygens (including phenoxy) is 1. The molecule has 3 N–H and O–H groups in total. The van der Waals surface area contributed by atoms with Gasteiger partial charge in [0, 0.05) is 11.1 Å². The molecule has 3 rings (SSSR count). The van der Waals surface area contributed by atoms with Crippen molar-refractivity contribution in [3.8, 4) is 11.6 Å². The Balaban J connectivity index is 1.96. The van der Waals surface area contributed by atoms with Crippen LogP contribution in [0, 0.1) is 11.2 Å². The van der Waals surface area contributed by atoms with E-state index in [1.54, 1.807) is 37.3 Å². The van der Waals surface area contributed by atoms with Gasteiger partial charge in [0.15, 0.2) is 5.69 Å². The lowest BCUT2D eigenvalue weighted by molar-refractivity contribution is -0.137. The van der Waals surface area contributed by atoms with E-state index in [4.69, 9.17) is 16.3 Å². The fourth-order valence-corrected chi connectivity index (χ4v) is 3.39.